The van der Waals surface area contributed by atoms with Crippen LogP contribution in [0, 0.1) is 29.0 Å². The fourth-order valence-electron chi connectivity index (χ4n) is 1.65. The van der Waals surface area contributed by atoms with Crippen molar-refractivity contribution in [1.82, 2.24) is 0 Å². The highest BCUT2D eigenvalue weighted by Gasteiger charge is 2.10. The van der Waals surface area contributed by atoms with Crippen LogP contribution in [0.4, 0.5) is 4.39 Å². The van der Waals surface area contributed by atoms with E-state index in [1.165, 1.54) is 23.5 Å². The summed E-state index contributed by atoms with van der Waals surface area (Å²) in [7, 11) is 0. The molecule has 0 aliphatic rings. The van der Waals surface area contributed by atoms with Crippen LogP contribution in [0.5, 0.6) is 5.75 Å². The third-order valence-electron chi connectivity index (χ3n) is 2.65. The fraction of sp³-hybridized carbons (Fsp3) is 0.188. The summed E-state index contributed by atoms with van der Waals surface area (Å²) >= 11 is 1.48. The molecule has 3 nitrogen and oxygen atoms in total. The van der Waals surface area contributed by atoms with Gasteiger partial charge < -0.3 is 9.84 Å². The lowest BCUT2D eigenvalue weighted by molar-refractivity contribution is 0.305. The second-order valence-corrected chi connectivity index (χ2v) is 5.05. The summed E-state index contributed by atoms with van der Waals surface area (Å²) in [6.45, 7) is 0.247. The molecule has 106 valence electrons. The van der Waals surface area contributed by atoms with Crippen molar-refractivity contribution >= 4 is 11.3 Å². The maximum atomic E-state index is 13.5. The van der Waals surface area contributed by atoms with E-state index in [2.05, 4.69) is 11.8 Å². The van der Waals surface area contributed by atoms with Crippen molar-refractivity contribution in [2.24, 2.45) is 0 Å². The van der Waals surface area contributed by atoms with Gasteiger partial charge in [-0.15, -0.1) is 11.3 Å². The maximum absolute atomic E-state index is 13.5. The van der Waals surface area contributed by atoms with Crippen LogP contribution in [0.1, 0.15) is 22.4 Å². The first-order chi connectivity index (χ1) is 10.3. The smallest absolute Gasteiger partial charge is 0.144 e. The maximum Gasteiger partial charge on any atom is 0.144 e. The average molecular weight is 301 g/mol. The number of thiophene rings is 1. The van der Waals surface area contributed by atoms with Crippen molar-refractivity contribution in [2.45, 2.75) is 13.0 Å². The largest absolute Gasteiger partial charge is 0.487 e. The molecule has 0 unspecified atom stereocenters. The Bertz CT molecular complexity index is 722. The predicted molar refractivity (Wildman–Crippen MR) is 78.3 cm³/mol. The molecule has 0 amide bonds. The summed E-state index contributed by atoms with van der Waals surface area (Å²) in [5.41, 5.74) is 0.727. The van der Waals surface area contributed by atoms with Gasteiger partial charge in [-0.3, -0.25) is 0 Å². The number of hydrogen-bond acceptors (Lipinski definition) is 4. The summed E-state index contributed by atoms with van der Waals surface area (Å²) in [5.74, 6) is 5.43. The third kappa shape index (κ3) is 3.82. The zero-order valence-corrected chi connectivity index (χ0v) is 11.9. The standard InChI is InChI=1S/C16H12FNO2S/c17-14-5-3-6-15(13(14)10-18)20-11-16-12(7-9-21-16)4-1-2-8-19/h3,5-7,9,19H,2,8,11H2. The lowest BCUT2D eigenvalue weighted by atomic mass is 10.2. The highest BCUT2D eigenvalue weighted by Crippen LogP contribution is 2.23. The number of hydrogen-bond donors (Lipinski definition) is 1. The zero-order valence-electron chi connectivity index (χ0n) is 11.1. The Morgan fingerprint density at radius 2 is 2.19 bits per heavy atom. The van der Waals surface area contributed by atoms with E-state index in [0.717, 1.165) is 10.4 Å². The van der Waals surface area contributed by atoms with E-state index in [1.807, 2.05) is 11.4 Å². The second-order valence-electron chi connectivity index (χ2n) is 4.05. The van der Waals surface area contributed by atoms with Crippen molar-refractivity contribution in [1.29, 1.82) is 5.26 Å². The number of ether oxygens (including phenoxy) is 1. The van der Waals surface area contributed by atoms with Gasteiger partial charge in [-0.1, -0.05) is 17.9 Å². The molecule has 0 saturated carbocycles. The monoisotopic (exact) mass is 301 g/mol. The van der Waals surface area contributed by atoms with Crippen LogP contribution in [0.3, 0.4) is 0 Å². The Kier molecular flexibility index (Phi) is 5.34. The van der Waals surface area contributed by atoms with Crippen molar-refractivity contribution in [3.05, 3.63) is 51.5 Å². The SMILES string of the molecule is N#Cc1c(F)cccc1OCc1sccc1C#CCCO. The van der Waals surface area contributed by atoms with E-state index in [1.54, 1.807) is 12.1 Å². The van der Waals surface area contributed by atoms with E-state index >= 15 is 0 Å². The van der Waals surface area contributed by atoms with Crippen molar-refractivity contribution in [3.8, 4) is 23.7 Å². The molecule has 0 saturated heterocycles. The summed E-state index contributed by atoms with van der Waals surface area (Å²) in [6, 6.07) is 7.95. The van der Waals surface area contributed by atoms with Gasteiger partial charge in [-0.25, -0.2) is 4.39 Å². The first-order valence-corrected chi connectivity index (χ1v) is 7.11. The van der Waals surface area contributed by atoms with Gasteiger partial charge in [0.25, 0.3) is 0 Å². The molecule has 0 atom stereocenters. The second kappa shape index (κ2) is 7.44. The van der Waals surface area contributed by atoms with Crippen LogP contribution in [0.15, 0.2) is 29.6 Å². The summed E-state index contributed by atoms with van der Waals surface area (Å²) in [4.78, 5) is 0.897. The highest BCUT2D eigenvalue weighted by molar-refractivity contribution is 7.10. The summed E-state index contributed by atoms with van der Waals surface area (Å²) < 4.78 is 19.0. The summed E-state index contributed by atoms with van der Waals surface area (Å²) in [6.07, 6.45) is 0.415. The van der Waals surface area contributed by atoms with Crippen LogP contribution in [0.25, 0.3) is 0 Å². The molecule has 5 heteroatoms. The van der Waals surface area contributed by atoms with Gasteiger partial charge in [-0.2, -0.15) is 5.26 Å². The predicted octanol–water partition coefficient (Wildman–Crippen LogP) is 3.07. The van der Waals surface area contributed by atoms with Crippen LogP contribution < -0.4 is 4.74 Å². The molecule has 2 aromatic rings. The van der Waals surface area contributed by atoms with Gasteiger partial charge in [0, 0.05) is 12.0 Å². The van der Waals surface area contributed by atoms with Crippen molar-refractivity contribution in [3.63, 3.8) is 0 Å². The normalized spacial score (nSPS) is 9.57. The number of rotatable bonds is 4. The molecule has 0 bridgehead atoms. The number of nitriles is 1. The van der Waals surface area contributed by atoms with Crippen LogP contribution in [0.2, 0.25) is 0 Å². The molecule has 0 fully saturated rings. The molecular formula is C16H12FNO2S. The molecule has 2 rings (SSSR count). The Balaban J connectivity index is 2.12. The van der Waals surface area contributed by atoms with Gasteiger partial charge in [-0.05, 0) is 23.6 Å². The number of nitrogens with zero attached hydrogens (tertiary/aromatic N) is 1. The van der Waals surface area contributed by atoms with E-state index in [-0.39, 0.29) is 24.5 Å². The van der Waals surface area contributed by atoms with Gasteiger partial charge in [0.1, 0.15) is 29.8 Å². The molecule has 1 aromatic carbocycles. The number of benzene rings is 1. The average Bonchev–Trinajstić information content (AvgIpc) is 2.93. The molecule has 1 heterocycles. The molecule has 1 N–H and O–H groups in total. The third-order valence-corrected chi connectivity index (χ3v) is 3.55. The number of halogens is 1. The first-order valence-electron chi connectivity index (χ1n) is 6.23. The molecule has 0 radical (unpaired) electrons. The lowest BCUT2D eigenvalue weighted by Crippen LogP contribution is -1.98. The quantitative estimate of drug-likeness (QED) is 0.883. The molecule has 0 aliphatic carbocycles. The minimum Gasteiger partial charge on any atom is -0.487 e. The van der Waals surface area contributed by atoms with E-state index in [9.17, 15) is 4.39 Å². The fourth-order valence-corrected chi connectivity index (χ4v) is 2.40. The van der Waals surface area contributed by atoms with Gasteiger partial charge >= 0.3 is 0 Å². The number of aliphatic hydroxyl groups is 1. The highest BCUT2D eigenvalue weighted by atomic mass is 32.1. The van der Waals surface area contributed by atoms with Gasteiger partial charge in [0.2, 0.25) is 0 Å². The Hall–Kier alpha value is -2.34. The Morgan fingerprint density at radius 3 is 2.95 bits per heavy atom. The minimum atomic E-state index is -0.593. The number of aliphatic hydroxyl groups excluding tert-OH is 1. The first kappa shape index (κ1) is 15.1. The van der Waals surface area contributed by atoms with Crippen LogP contribution >= 0.6 is 11.3 Å². The van der Waals surface area contributed by atoms with Gasteiger partial charge in [0.15, 0.2) is 0 Å². The molecule has 1 aromatic heterocycles. The van der Waals surface area contributed by atoms with E-state index < -0.39 is 5.82 Å². The van der Waals surface area contributed by atoms with E-state index in [4.69, 9.17) is 15.1 Å². The van der Waals surface area contributed by atoms with Crippen LogP contribution in [-0.2, 0) is 6.61 Å². The Morgan fingerprint density at radius 1 is 1.33 bits per heavy atom. The molecule has 0 spiro atoms. The summed E-state index contributed by atoms with van der Waals surface area (Å²) in [5, 5.41) is 19.5. The van der Waals surface area contributed by atoms with Gasteiger partial charge in [0.05, 0.1) is 11.5 Å². The van der Waals surface area contributed by atoms with Crippen LogP contribution in [-0.4, -0.2) is 11.7 Å². The molecule has 0 aliphatic heterocycles. The van der Waals surface area contributed by atoms with Crippen molar-refractivity contribution < 1.29 is 14.2 Å². The molecular weight excluding hydrogens is 289 g/mol. The molecule has 21 heavy (non-hydrogen) atoms. The minimum absolute atomic E-state index is 0.0256. The Labute approximate surface area is 126 Å². The lowest BCUT2D eigenvalue weighted by Gasteiger charge is -2.07. The van der Waals surface area contributed by atoms with Crippen molar-refractivity contribution in [2.75, 3.05) is 6.61 Å². The van der Waals surface area contributed by atoms with E-state index in [0.29, 0.717) is 6.42 Å². The zero-order chi connectivity index (χ0) is 15.1. The topological polar surface area (TPSA) is 53.2 Å².